The highest BCUT2D eigenvalue weighted by molar-refractivity contribution is 6.16. The number of carbonyl (C=O) groups excluding carboxylic acids is 1. The van der Waals surface area contributed by atoms with Crippen molar-refractivity contribution in [3.8, 4) is 0 Å². The number of halogens is 3. The van der Waals surface area contributed by atoms with Gasteiger partial charge in [0.25, 0.3) is 0 Å². The molecule has 0 unspecified atom stereocenters. The highest BCUT2D eigenvalue weighted by Gasteiger charge is 2.27. The molecule has 3 rings (SSSR count). The second-order valence-electron chi connectivity index (χ2n) is 2.15. The number of rotatable bonds is 0. The molecule has 58 valence electrons. The minimum absolute atomic E-state index is 0. The predicted octanol–water partition coefficient (Wildman–Crippen LogP) is 1.93. The summed E-state index contributed by atoms with van der Waals surface area (Å²) in [5.74, 6) is -2.36. The van der Waals surface area contributed by atoms with Crippen LogP contribution in [0.4, 0.5) is 8.78 Å². The SMILES string of the molecule is Cl.O=C1c2cc(F)c(F)c1c2. The molecule has 0 radical (unpaired) electrons. The molecule has 0 fully saturated rings. The summed E-state index contributed by atoms with van der Waals surface area (Å²) in [6.07, 6.45) is 0. The quantitative estimate of drug-likeness (QED) is 0.600. The minimum atomic E-state index is -1.03. The van der Waals surface area contributed by atoms with Crippen molar-refractivity contribution in [2.24, 2.45) is 0 Å². The van der Waals surface area contributed by atoms with Crippen molar-refractivity contribution in [3.05, 3.63) is 34.9 Å². The zero-order valence-corrected chi connectivity index (χ0v) is 6.04. The van der Waals surface area contributed by atoms with E-state index in [0.29, 0.717) is 0 Å². The summed E-state index contributed by atoms with van der Waals surface area (Å²) >= 11 is 0. The fraction of sp³-hybridized carbons (Fsp3) is 0. The smallest absolute Gasteiger partial charge is 0.196 e. The maximum Gasteiger partial charge on any atom is 0.196 e. The van der Waals surface area contributed by atoms with Crippen molar-refractivity contribution < 1.29 is 13.6 Å². The van der Waals surface area contributed by atoms with Crippen molar-refractivity contribution in [1.82, 2.24) is 0 Å². The molecule has 0 atom stereocenters. The van der Waals surface area contributed by atoms with Crippen LogP contribution in [-0.2, 0) is 0 Å². The Bertz CT molecular complexity index is 335. The highest BCUT2D eigenvalue weighted by Crippen LogP contribution is 2.26. The lowest BCUT2D eigenvalue weighted by atomic mass is 9.91. The standard InChI is InChI=1S/C7H2F2O.ClH/c8-5-2-3-1-4(6(5)9)7(3)10;/h1-2H;1H. The van der Waals surface area contributed by atoms with Gasteiger partial charge in [-0.1, -0.05) is 0 Å². The fourth-order valence-electron chi connectivity index (χ4n) is 0.963. The first-order valence-electron chi connectivity index (χ1n) is 2.74. The summed E-state index contributed by atoms with van der Waals surface area (Å²) in [6.45, 7) is 0. The third-order valence-electron chi connectivity index (χ3n) is 1.54. The van der Waals surface area contributed by atoms with Crippen LogP contribution < -0.4 is 0 Å². The first-order chi connectivity index (χ1) is 4.70. The Kier molecular flexibility index (Phi) is 1.68. The molecular weight excluding hydrogens is 174 g/mol. The van der Waals surface area contributed by atoms with E-state index in [1.165, 1.54) is 6.07 Å². The predicted molar refractivity (Wildman–Crippen MR) is 37.0 cm³/mol. The van der Waals surface area contributed by atoms with Crippen molar-refractivity contribution >= 4 is 18.2 Å². The zero-order chi connectivity index (χ0) is 7.30. The van der Waals surface area contributed by atoms with Crippen LogP contribution in [0.25, 0.3) is 0 Å². The van der Waals surface area contributed by atoms with Crippen LogP contribution in [0.15, 0.2) is 12.1 Å². The fourth-order valence-corrected chi connectivity index (χ4v) is 0.963. The molecule has 2 aliphatic carbocycles. The molecular formula is C7H3ClF2O. The van der Waals surface area contributed by atoms with Gasteiger partial charge < -0.3 is 0 Å². The van der Waals surface area contributed by atoms with Crippen LogP contribution in [0, 0.1) is 11.6 Å². The van der Waals surface area contributed by atoms with Gasteiger partial charge in [-0.25, -0.2) is 8.78 Å². The van der Waals surface area contributed by atoms with Gasteiger partial charge in [0.1, 0.15) is 0 Å². The van der Waals surface area contributed by atoms with E-state index < -0.39 is 11.6 Å². The van der Waals surface area contributed by atoms with Crippen LogP contribution in [0.2, 0.25) is 0 Å². The average molecular weight is 177 g/mol. The maximum atomic E-state index is 12.4. The second kappa shape index (κ2) is 2.27. The van der Waals surface area contributed by atoms with Crippen LogP contribution in [0.3, 0.4) is 0 Å². The molecule has 1 aromatic carbocycles. The van der Waals surface area contributed by atoms with Crippen molar-refractivity contribution in [1.29, 1.82) is 0 Å². The number of ketones is 1. The molecule has 0 aromatic heterocycles. The van der Waals surface area contributed by atoms with Crippen molar-refractivity contribution in [3.63, 3.8) is 0 Å². The average Bonchev–Trinajstić information content (AvgIpc) is 1.92. The molecule has 0 spiro atoms. The topological polar surface area (TPSA) is 17.1 Å². The summed E-state index contributed by atoms with van der Waals surface area (Å²) in [4.78, 5) is 10.6. The molecule has 0 saturated heterocycles. The molecule has 11 heavy (non-hydrogen) atoms. The first-order valence-corrected chi connectivity index (χ1v) is 2.74. The number of hydrogen-bond acceptors (Lipinski definition) is 1. The molecule has 0 aliphatic heterocycles. The van der Waals surface area contributed by atoms with E-state index in [2.05, 4.69) is 0 Å². The summed E-state index contributed by atoms with van der Waals surface area (Å²) < 4.78 is 24.7. The minimum Gasteiger partial charge on any atom is -0.288 e. The van der Waals surface area contributed by atoms with Crippen molar-refractivity contribution in [2.45, 2.75) is 0 Å². The number of carbonyl (C=O) groups is 1. The van der Waals surface area contributed by atoms with Gasteiger partial charge in [0.05, 0.1) is 5.56 Å². The summed E-state index contributed by atoms with van der Waals surface area (Å²) in [5.41, 5.74) is 0.129. The van der Waals surface area contributed by atoms with Gasteiger partial charge in [0, 0.05) is 5.56 Å². The molecule has 0 saturated carbocycles. The Morgan fingerprint density at radius 1 is 1.18 bits per heavy atom. The maximum absolute atomic E-state index is 12.4. The summed E-state index contributed by atoms with van der Waals surface area (Å²) in [6, 6.07) is 2.24. The highest BCUT2D eigenvalue weighted by atomic mass is 35.5. The summed E-state index contributed by atoms with van der Waals surface area (Å²) in [5, 5.41) is 0. The molecule has 0 amide bonds. The number of fused-ring (bicyclic) bond motifs is 2. The second-order valence-corrected chi connectivity index (χ2v) is 2.15. The lowest BCUT2D eigenvalue weighted by Gasteiger charge is -2.13. The Hall–Kier alpha value is -0.960. The third kappa shape index (κ3) is 0.844. The van der Waals surface area contributed by atoms with Crippen LogP contribution in [0.1, 0.15) is 15.9 Å². The van der Waals surface area contributed by atoms with Crippen molar-refractivity contribution in [2.75, 3.05) is 0 Å². The molecule has 2 bridgehead atoms. The van der Waals surface area contributed by atoms with Gasteiger partial charge in [0.2, 0.25) is 0 Å². The zero-order valence-electron chi connectivity index (χ0n) is 5.23. The lowest BCUT2D eigenvalue weighted by molar-refractivity contribution is 0.101. The van der Waals surface area contributed by atoms with E-state index in [1.54, 1.807) is 0 Å². The van der Waals surface area contributed by atoms with E-state index in [0.717, 1.165) is 6.07 Å². The largest absolute Gasteiger partial charge is 0.288 e. The Balaban J connectivity index is 0.000000605. The van der Waals surface area contributed by atoms with Gasteiger partial charge in [-0.2, -0.15) is 0 Å². The lowest BCUT2D eigenvalue weighted by Crippen LogP contribution is -2.16. The summed E-state index contributed by atoms with van der Waals surface area (Å²) in [7, 11) is 0. The van der Waals surface area contributed by atoms with Gasteiger partial charge in [-0.15, -0.1) is 12.4 Å². The van der Waals surface area contributed by atoms with E-state index in [4.69, 9.17) is 0 Å². The van der Waals surface area contributed by atoms with Gasteiger partial charge in [0.15, 0.2) is 17.4 Å². The molecule has 0 N–H and O–H groups in total. The van der Waals surface area contributed by atoms with Crippen LogP contribution in [-0.4, -0.2) is 5.78 Å². The van der Waals surface area contributed by atoms with Gasteiger partial charge in [-0.3, -0.25) is 4.79 Å². The van der Waals surface area contributed by atoms with E-state index in [1.807, 2.05) is 0 Å². The number of hydrogen-bond donors (Lipinski definition) is 0. The normalized spacial score (nSPS) is 12.0. The third-order valence-corrected chi connectivity index (χ3v) is 1.54. The molecule has 4 heteroatoms. The van der Waals surface area contributed by atoms with E-state index in [-0.39, 0.29) is 29.3 Å². The molecule has 1 nitrogen and oxygen atoms in total. The Labute approximate surface area is 67.4 Å². The van der Waals surface area contributed by atoms with Crippen LogP contribution >= 0.6 is 12.4 Å². The first kappa shape index (κ1) is 8.14. The monoisotopic (exact) mass is 176 g/mol. The Morgan fingerprint density at radius 2 is 1.82 bits per heavy atom. The van der Waals surface area contributed by atoms with E-state index in [9.17, 15) is 13.6 Å². The van der Waals surface area contributed by atoms with E-state index >= 15 is 0 Å². The molecule has 1 aromatic rings. The van der Waals surface area contributed by atoms with Gasteiger partial charge in [-0.05, 0) is 12.1 Å². The number of benzene rings is 1. The molecule has 2 aliphatic rings. The van der Waals surface area contributed by atoms with Crippen LogP contribution in [0.5, 0.6) is 0 Å². The van der Waals surface area contributed by atoms with Gasteiger partial charge >= 0.3 is 0 Å². The molecule has 0 heterocycles. The Morgan fingerprint density at radius 3 is 2.18 bits per heavy atom.